The first kappa shape index (κ1) is 21.5. The summed E-state index contributed by atoms with van der Waals surface area (Å²) in [6, 6.07) is 1.46. The lowest BCUT2D eigenvalue weighted by molar-refractivity contribution is -0.126. The zero-order valence-corrected chi connectivity index (χ0v) is 17.0. The first-order valence-corrected chi connectivity index (χ1v) is 9.73. The maximum atomic E-state index is 13.0. The molecule has 8 nitrogen and oxygen atoms in total. The van der Waals surface area contributed by atoms with Crippen LogP contribution in [0, 0.1) is 22.7 Å². The number of amides is 3. The van der Waals surface area contributed by atoms with E-state index >= 15 is 0 Å². The zero-order chi connectivity index (χ0) is 20.0. The van der Waals surface area contributed by atoms with Crippen molar-refractivity contribution in [2.45, 2.75) is 52.2 Å². The second-order valence-electron chi connectivity index (χ2n) is 8.72. The van der Waals surface area contributed by atoms with Crippen LogP contribution in [0.1, 0.15) is 40.0 Å². The Morgan fingerprint density at radius 2 is 1.93 bits per heavy atom. The van der Waals surface area contributed by atoms with Crippen molar-refractivity contribution >= 4 is 11.9 Å². The van der Waals surface area contributed by atoms with E-state index in [1.807, 2.05) is 27.8 Å². The first-order valence-electron chi connectivity index (χ1n) is 9.73. The van der Waals surface area contributed by atoms with E-state index in [-0.39, 0.29) is 29.4 Å². The second kappa shape index (κ2) is 9.38. The molecule has 3 atom stereocenters. The van der Waals surface area contributed by atoms with Gasteiger partial charge in [-0.25, -0.2) is 4.79 Å². The number of piperidine rings is 1. The quantitative estimate of drug-likeness (QED) is 0.763. The lowest BCUT2D eigenvalue weighted by Crippen LogP contribution is -2.58. The van der Waals surface area contributed by atoms with Crippen molar-refractivity contribution in [3.8, 4) is 6.07 Å². The molecule has 0 bridgehead atoms. The molecule has 2 aliphatic rings. The van der Waals surface area contributed by atoms with Gasteiger partial charge in [0.25, 0.3) is 0 Å². The molecule has 2 N–H and O–H groups in total. The molecule has 152 valence electrons. The third kappa shape index (κ3) is 6.67. The Kier molecular flexibility index (Phi) is 7.45. The number of morpholine rings is 1. The van der Waals surface area contributed by atoms with Crippen molar-refractivity contribution in [3.05, 3.63) is 0 Å². The summed E-state index contributed by atoms with van der Waals surface area (Å²) in [5.74, 6) is -0.238. The highest BCUT2D eigenvalue weighted by molar-refractivity contribution is 5.87. The summed E-state index contributed by atoms with van der Waals surface area (Å²) >= 11 is 0. The SMILES string of the molecule is CN1CCC(C#N)CC1NC(=O)C(CC(C)(C)C)NC(=O)N1CCOCC1. The summed E-state index contributed by atoms with van der Waals surface area (Å²) < 4.78 is 5.28. The van der Waals surface area contributed by atoms with Crippen molar-refractivity contribution in [3.63, 3.8) is 0 Å². The number of likely N-dealkylation sites (tertiary alicyclic amines) is 1. The van der Waals surface area contributed by atoms with Crippen molar-refractivity contribution in [1.82, 2.24) is 20.4 Å². The van der Waals surface area contributed by atoms with Crippen LogP contribution >= 0.6 is 0 Å². The molecule has 8 heteroatoms. The van der Waals surface area contributed by atoms with Gasteiger partial charge in [0.05, 0.1) is 31.4 Å². The normalized spacial score (nSPS) is 25.4. The lowest BCUT2D eigenvalue weighted by atomic mass is 9.87. The third-order valence-corrected chi connectivity index (χ3v) is 5.09. The molecule has 2 rings (SSSR count). The fourth-order valence-corrected chi connectivity index (χ4v) is 3.46. The van der Waals surface area contributed by atoms with Gasteiger partial charge in [-0.15, -0.1) is 0 Å². The molecule has 0 aromatic carbocycles. The molecule has 3 unspecified atom stereocenters. The summed E-state index contributed by atoms with van der Waals surface area (Å²) in [5, 5.41) is 15.2. The topological polar surface area (TPSA) is 97.7 Å². The number of hydrogen-bond donors (Lipinski definition) is 2. The molecule has 0 aliphatic carbocycles. The number of carbonyl (C=O) groups excluding carboxylic acids is 2. The molecule has 0 spiro atoms. The van der Waals surface area contributed by atoms with Gasteiger partial charge < -0.3 is 20.3 Å². The number of urea groups is 1. The van der Waals surface area contributed by atoms with Gasteiger partial charge in [0.1, 0.15) is 6.04 Å². The molecule has 3 amide bonds. The van der Waals surface area contributed by atoms with Crippen LogP contribution in [0.5, 0.6) is 0 Å². The van der Waals surface area contributed by atoms with Crippen molar-refractivity contribution in [2.24, 2.45) is 11.3 Å². The summed E-state index contributed by atoms with van der Waals surface area (Å²) in [5.41, 5.74) is -0.117. The average molecular weight is 380 g/mol. The Bertz CT molecular complexity index is 563. The second-order valence-corrected chi connectivity index (χ2v) is 8.72. The van der Waals surface area contributed by atoms with E-state index in [1.165, 1.54) is 0 Å². The molecule has 2 heterocycles. The Balaban J connectivity index is 2.02. The minimum Gasteiger partial charge on any atom is -0.378 e. The van der Waals surface area contributed by atoms with Crippen LogP contribution in [0.15, 0.2) is 0 Å². The van der Waals surface area contributed by atoms with Gasteiger partial charge in [-0.05, 0) is 31.7 Å². The molecule has 2 aliphatic heterocycles. The van der Waals surface area contributed by atoms with Crippen molar-refractivity contribution in [1.29, 1.82) is 5.26 Å². The monoisotopic (exact) mass is 379 g/mol. The van der Waals surface area contributed by atoms with Gasteiger partial charge in [0, 0.05) is 19.6 Å². The number of hydrogen-bond acceptors (Lipinski definition) is 5. The fourth-order valence-electron chi connectivity index (χ4n) is 3.46. The molecule has 2 saturated heterocycles. The van der Waals surface area contributed by atoms with Crippen LogP contribution in [-0.4, -0.2) is 73.8 Å². The molecular formula is C19H33N5O3. The highest BCUT2D eigenvalue weighted by atomic mass is 16.5. The summed E-state index contributed by atoms with van der Waals surface area (Å²) in [4.78, 5) is 29.3. The van der Waals surface area contributed by atoms with Crippen LogP contribution in [0.3, 0.4) is 0 Å². The number of nitrogens with zero attached hydrogens (tertiary/aromatic N) is 3. The molecule has 0 saturated carbocycles. The van der Waals surface area contributed by atoms with E-state index in [0.29, 0.717) is 39.1 Å². The Hall–Kier alpha value is -1.85. The summed E-state index contributed by atoms with van der Waals surface area (Å²) in [6.45, 7) is 9.02. The number of ether oxygens (including phenoxy) is 1. The van der Waals surface area contributed by atoms with E-state index in [0.717, 1.165) is 13.0 Å². The van der Waals surface area contributed by atoms with Crippen LogP contribution in [0.2, 0.25) is 0 Å². The smallest absolute Gasteiger partial charge is 0.318 e. The third-order valence-electron chi connectivity index (χ3n) is 5.09. The van der Waals surface area contributed by atoms with E-state index in [9.17, 15) is 14.9 Å². The van der Waals surface area contributed by atoms with Gasteiger partial charge in [-0.3, -0.25) is 9.69 Å². The maximum absolute atomic E-state index is 13.0. The van der Waals surface area contributed by atoms with Gasteiger partial charge in [-0.2, -0.15) is 5.26 Å². The van der Waals surface area contributed by atoms with E-state index < -0.39 is 6.04 Å². The van der Waals surface area contributed by atoms with Crippen LogP contribution in [-0.2, 0) is 9.53 Å². The number of rotatable bonds is 4. The average Bonchev–Trinajstić information content (AvgIpc) is 2.62. The van der Waals surface area contributed by atoms with E-state index in [2.05, 4.69) is 21.6 Å². The number of nitrogens with one attached hydrogen (secondary N) is 2. The number of carbonyl (C=O) groups is 2. The minimum atomic E-state index is -0.615. The molecule has 0 aromatic rings. The first-order chi connectivity index (χ1) is 12.7. The predicted octanol–water partition coefficient (Wildman–Crippen LogP) is 1.14. The Morgan fingerprint density at radius 3 is 2.52 bits per heavy atom. The van der Waals surface area contributed by atoms with Crippen molar-refractivity contribution in [2.75, 3.05) is 39.9 Å². The summed E-state index contributed by atoms with van der Waals surface area (Å²) in [6.07, 6.45) is 1.78. The highest BCUT2D eigenvalue weighted by Crippen LogP contribution is 2.23. The standard InChI is InChI=1S/C19H33N5O3/c1-19(2,3)12-15(21-18(26)24-7-9-27-10-8-24)17(25)22-16-11-14(13-20)5-6-23(16)4/h14-16H,5-12H2,1-4H3,(H,21,26)(H,22,25). The van der Waals surface area contributed by atoms with E-state index in [4.69, 9.17) is 4.74 Å². The molecular weight excluding hydrogens is 346 g/mol. The zero-order valence-electron chi connectivity index (χ0n) is 17.0. The Morgan fingerprint density at radius 1 is 1.26 bits per heavy atom. The van der Waals surface area contributed by atoms with Gasteiger partial charge in [0.15, 0.2) is 0 Å². The van der Waals surface area contributed by atoms with E-state index in [1.54, 1.807) is 4.90 Å². The molecule has 27 heavy (non-hydrogen) atoms. The molecule has 2 fully saturated rings. The summed E-state index contributed by atoms with van der Waals surface area (Å²) in [7, 11) is 1.95. The molecule has 0 radical (unpaired) electrons. The van der Waals surface area contributed by atoms with Crippen LogP contribution < -0.4 is 10.6 Å². The van der Waals surface area contributed by atoms with Crippen molar-refractivity contribution < 1.29 is 14.3 Å². The van der Waals surface area contributed by atoms with Gasteiger partial charge in [-0.1, -0.05) is 20.8 Å². The van der Waals surface area contributed by atoms with Gasteiger partial charge >= 0.3 is 6.03 Å². The molecule has 0 aromatic heterocycles. The Labute approximate surface area is 162 Å². The predicted molar refractivity (Wildman–Crippen MR) is 102 cm³/mol. The largest absolute Gasteiger partial charge is 0.378 e. The lowest BCUT2D eigenvalue weighted by Gasteiger charge is -2.37. The van der Waals surface area contributed by atoms with Gasteiger partial charge in [0.2, 0.25) is 5.91 Å². The maximum Gasteiger partial charge on any atom is 0.318 e. The minimum absolute atomic E-state index is 0.0458. The van der Waals surface area contributed by atoms with Crippen LogP contribution in [0.4, 0.5) is 4.79 Å². The van der Waals surface area contributed by atoms with Crippen LogP contribution in [0.25, 0.3) is 0 Å². The fraction of sp³-hybridized carbons (Fsp3) is 0.842. The highest BCUT2D eigenvalue weighted by Gasteiger charge is 2.32. The number of nitriles is 1.